The van der Waals surface area contributed by atoms with Gasteiger partial charge in [0.25, 0.3) is 5.91 Å². The maximum Gasteiger partial charge on any atom is 0.390 e. The number of alkyl halides is 3. The molecule has 1 aromatic carbocycles. The zero-order valence-corrected chi connectivity index (χ0v) is 13.7. The van der Waals surface area contributed by atoms with Crippen LogP contribution in [0.25, 0.3) is 0 Å². The molecule has 0 radical (unpaired) electrons. The van der Waals surface area contributed by atoms with Crippen LogP contribution in [0.2, 0.25) is 0 Å². The van der Waals surface area contributed by atoms with E-state index in [1.807, 2.05) is 0 Å². The van der Waals surface area contributed by atoms with Crippen molar-refractivity contribution in [2.75, 3.05) is 6.54 Å². The Kier molecular flexibility index (Phi) is 4.88. The van der Waals surface area contributed by atoms with E-state index in [0.717, 1.165) is 23.8 Å². The molecule has 1 aliphatic rings. The summed E-state index contributed by atoms with van der Waals surface area (Å²) in [5.74, 6) is -1.49. The quantitative estimate of drug-likeness (QED) is 0.761. The second kappa shape index (κ2) is 6.97. The van der Waals surface area contributed by atoms with E-state index < -0.39 is 30.9 Å². The molecule has 1 aromatic heterocycles. The molecule has 140 valence electrons. The molecule has 1 saturated carbocycles. The van der Waals surface area contributed by atoms with Crippen molar-refractivity contribution in [1.82, 2.24) is 15.1 Å². The van der Waals surface area contributed by atoms with E-state index in [9.17, 15) is 27.5 Å². The van der Waals surface area contributed by atoms with E-state index in [4.69, 9.17) is 0 Å². The molecule has 0 aliphatic heterocycles. The molecule has 26 heavy (non-hydrogen) atoms. The van der Waals surface area contributed by atoms with Gasteiger partial charge in [-0.1, -0.05) is 6.07 Å². The molecular weight excluding hydrogens is 354 g/mol. The molecule has 0 unspecified atom stereocenters. The van der Waals surface area contributed by atoms with Crippen LogP contribution in [0, 0.1) is 5.82 Å². The van der Waals surface area contributed by atoms with Crippen LogP contribution in [0.4, 0.5) is 17.6 Å². The predicted octanol–water partition coefficient (Wildman–Crippen LogP) is 3.73. The fourth-order valence-corrected chi connectivity index (χ4v) is 2.59. The molecule has 1 amide bonds. The highest BCUT2D eigenvalue weighted by molar-refractivity contribution is 5.92. The van der Waals surface area contributed by atoms with Crippen LogP contribution in [0.5, 0.6) is 5.75 Å². The van der Waals surface area contributed by atoms with Crippen molar-refractivity contribution in [2.24, 2.45) is 0 Å². The Balaban J connectivity index is 1.79. The average molecular weight is 371 g/mol. The van der Waals surface area contributed by atoms with Gasteiger partial charge < -0.3 is 10.0 Å². The molecule has 2 aromatic rings. The van der Waals surface area contributed by atoms with Gasteiger partial charge in [-0.05, 0) is 25.0 Å². The standard InChI is InChI=1S/C17H17F4N3O2/c18-13-7-12(25)4-3-11(13)9-24(6-5-17(19,20)21)16(26)15-8-14(22-23-15)10-1-2-10/h3-4,7-8,10,25H,1-2,5-6,9H2,(H,22,23). The minimum absolute atomic E-state index is 0.0141. The molecule has 2 N–H and O–H groups in total. The number of phenols is 1. The number of aromatic amines is 1. The topological polar surface area (TPSA) is 69.2 Å². The van der Waals surface area contributed by atoms with Crippen molar-refractivity contribution < 1.29 is 27.5 Å². The fourth-order valence-electron chi connectivity index (χ4n) is 2.59. The summed E-state index contributed by atoms with van der Waals surface area (Å²) in [6.45, 7) is -0.959. The number of H-pyrrole nitrogens is 1. The van der Waals surface area contributed by atoms with Crippen molar-refractivity contribution >= 4 is 5.91 Å². The minimum Gasteiger partial charge on any atom is -0.508 e. The lowest BCUT2D eigenvalue weighted by atomic mass is 10.1. The molecule has 1 fully saturated rings. The SMILES string of the molecule is O=C(c1cc(C2CC2)n[nH]1)N(CCC(F)(F)F)Cc1ccc(O)cc1F. The second-order valence-electron chi connectivity index (χ2n) is 6.35. The fraction of sp³-hybridized carbons (Fsp3) is 0.412. The third kappa shape index (κ3) is 4.53. The van der Waals surface area contributed by atoms with Crippen molar-refractivity contribution in [1.29, 1.82) is 0 Å². The molecule has 0 atom stereocenters. The van der Waals surface area contributed by atoms with Crippen LogP contribution in [0.15, 0.2) is 24.3 Å². The first-order valence-corrected chi connectivity index (χ1v) is 8.11. The summed E-state index contributed by atoms with van der Waals surface area (Å²) in [7, 11) is 0. The van der Waals surface area contributed by atoms with E-state index in [1.165, 1.54) is 18.2 Å². The Morgan fingerprint density at radius 3 is 2.65 bits per heavy atom. The number of carbonyl (C=O) groups is 1. The van der Waals surface area contributed by atoms with Gasteiger partial charge in [0.1, 0.15) is 17.3 Å². The van der Waals surface area contributed by atoms with Gasteiger partial charge in [-0.3, -0.25) is 9.89 Å². The molecule has 0 bridgehead atoms. The summed E-state index contributed by atoms with van der Waals surface area (Å²) in [6.07, 6.45) is -3.72. The Bertz CT molecular complexity index is 800. The molecule has 9 heteroatoms. The zero-order valence-electron chi connectivity index (χ0n) is 13.7. The van der Waals surface area contributed by atoms with Crippen molar-refractivity contribution in [2.45, 2.75) is 37.9 Å². The normalized spacial score (nSPS) is 14.5. The summed E-state index contributed by atoms with van der Waals surface area (Å²) in [4.78, 5) is 13.5. The van der Waals surface area contributed by atoms with Crippen LogP contribution in [-0.2, 0) is 6.54 Å². The molecule has 5 nitrogen and oxygen atoms in total. The summed E-state index contributed by atoms with van der Waals surface area (Å²) in [6, 6.07) is 4.84. The largest absolute Gasteiger partial charge is 0.508 e. The monoisotopic (exact) mass is 371 g/mol. The highest BCUT2D eigenvalue weighted by Gasteiger charge is 2.31. The second-order valence-corrected chi connectivity index (χ2v) is 6.35. The Hall–Kier alpha value is -2.58. The van der Waals surface area contributed by atoms with E-state index >= 15 is 0 Å². The number of aromatic hydroxyl groups is 1. The van der Waals surface area contributed by atoms with Gasteiger partial charge in [0.2, 0.25) is 0 Å². The first-order chi connectivity index (χ1) is 12.2. The van der Waals surface area contributed by atoms with Crippen LogP contribution >= 0.6 is 0 Å². The van der Waals surface area contributed by atoms with Crippen LogP contribution < -0.4 is 0 Å². The molecule has 0 saturated heterocycles. The van der Waals surface area contributed by atoms with Gasteiger partial charge in [-0.25, -0.2) is 4.39 Å². The number of carbonyl (C=O) groups excluding carboxylic acids is 1. The summed E-state index contributed by atoms with van der Waals surface area (Å²) < 4.78 is 51.7. The van der Waals surface area contributed by atoms with Gasteiger partial charge in [0.15, 0.2) is 0 Å². The molecular formula is C17H17F4N3O2. The lowest BCUT2D eigenvalue weighted by Crippen LogP contribution is -2.34. The number of nitrogens with zero attached hydrogens (tertiary/aromatic N) is 2. The summed E-state index contributed by atoms with van der Waals surface area (Å²) in [5.41, 5.74) is 0.799. The Morgan fingerprint density at radius 2 is 2.04 bits per heavy atom. The Labute approximate surface area is 146 Å². The maximum atomic E-state index is 13.9. The van der Waals surface area contributed by atoms with Crippen molar-refractivity contribution in [3.8, 4) is 5.75 Å². The number of halogens is 4. The number of benzene rings is 1. The van der Waals surface area contributed by atoms with Gasteiger partial charge in [-0.15, -0.1) is 0 Å². The molecule has 3 rings (SSSR count). The summed E-state index contributed by atoms with van der Waals surface area (Å²) >= 11 is 0. The number of rotatable bonds is 6. The number of nitrogens with one attached hydrogen (secondary N) is 1. The molecule has 0 spiro atoms. The lowest BCUT2D eigenvalue weighted by Gasteiger charge is -2.23. The molecule has 1 heterocycles. The van der Waals surface area contributed by atoms with Crippen LogP contribution in [0.1, 0.15) is 46.9 Å². The third-order valence-electron chi connectivity index (χ3n) is 4.17. The molecule has 1 aliphatic carbocycles. The third-order valence-corrected chi connectivity index (χ3v) is 4.17. The number of hydrogen-bond acceptors (Lipinski definition) is 3. The number of phenolic OH excluding ortho intramolecular Hbond substituents is 1. The predicted molar refractivity (Wildman–Crippen MR) is 84.0 cm³/mol. The highest BCUT2D eigenvalue weighted by atomic mass is 19.4. The van der Waals surface area contributed by atoms with Gasteiger partial charge in [0.05, 0.1) is 12.1 Å². The minimum atomic E-state index is -4.45. The van der Waals surface area contributed by atoms with Gasteiger partial charge >= 0.3 is 6.18 Å². The highest BCUT2D eigenvalue weighted by Crippen LogP contribution is 2.39. The van der Waals surface area contributed by atoms with Crippen molar-refractivity contribution in [3.63, 3.8) is 0 Å². The van der Waals surface area contributed by atoms with E-state index in [-0.39, 0.29) is 29.5 Å². The average Bonchev–Trinajstić information content (AvgIpc) is 3.29. The lowest BCUT2D eigenvalue weighted by molar-refractivity contribution is -0.136. The van der Waals surface area contributed by atoms with E-state index in [0.29, 0.717) is 5.69 Å². The van der Waals surface area contributed by atoms with Gasteiger partial charge in [0, 0.05) is 30.6 Å². The summed E-state index contributed by atoms with van der Waals surface area (Å²) in [5, 5.41) is 15.8. The van der Waals surface area contributed by atoms with E-state index in [1.54, 1.807) is 0 Å². The first-order valence-electron chi connectivity index (χ1n) is 8.11. The number of hydrogen-bond donors (Lipinski definition) is 2. The number of amides is 1. The smallest absolute Gasteiger partial charge is 0.390 e. The van der Waals surface area contributed by atoms with Crippen LogP contribution in [0.3, 0.4) is 0 Å². The van der Waals surface area contributed by atoms with Crippen LogP contribution in [-0.4, -0.2) is 38.8 Å². The van der Waals surface area contributed by atoms with E-state index in [2.05, 4.69) is 10.2 Å². The number of aromatic nitrogens is 2. The maximum absolute atomic E-state index is 13.9. The Morgan fingerprint density at radius 1 is 1.31 bits per heavy atom. The van der Waals surface area contributed by atoms with Gasteiger partial charge in [-0.2, -0.15) is 18.3 Å². The zero-order chi connectivity index (χ0) is 18.9. The first kappa shape index (κ1) is 18.2. The van der Waals surface area contributed by atoms with Crippen molar-refractivity contribution in [3.05, 3.63) is 47.0 Å².